The van der Waals surface area contributed by atoms with Crippen molar-refractivity contribution in [3.8, 4) is 29.1 Å². The maximum Gasteiger partial charge on any atom is 0.161 e. The minimum atomic E-state index is 0. The summed E-state index contributed by atoms with van der Waals surface area (Å²) in [4.78, 5) is 2.35. The third-order valence-electron chi connectivity index (χ3n) is 5.79. The largest absolute Gasteiger partial charge is 0.493 e. The summed E-state index contributed by atoms with van der Waals surface area (Å²) in [6.45, 7) is 6.33. The zero-order valence-corrected chi connectivity index (χ0v) is 22.1. The molecular formula is C27H39ClN2O4. The van der Waals surface area contributed by atoms with Gasteiger partial charge in [-0.25, -0.2) is 0 Å². The SMILES string of the molecule is COc1ccc(CCN(C)CCCC(Oc2ccc(CC#N)cc2OC)C(C)C)cc1OC.Cl. The van der Waals surface area contributed by atoms with Crippen LogP contribution in [-0.2, 0) is 12.8 Å². The fourth-order valence-electron chi connectivity index (χ4n) is 3.73. The molecule has 0 saturated carbocycles. The number of hydrogen-bond donors (Lipinski definition) is 0. The van der Waals surface area contributed by atoms with Crippen molar-refractivity contribution >= 4 is 12.4 Å². The Balaban J connectivity index is 0.00000578. The van der Waals surface area contributed by atoms with Crippen LogP contribution < -0.4 is 18.9 Å². The number of nitriles is 1. The molecule has 34 heavy (non-hydrogen) atoms. The predicted molar refractivity (Wildman–Crippen MR) is 139 cm³/mol. The minimum Gasteiger partial charge on any atom is -0.493 e. The zero-order chi connectivity index (χ0) is 24.2. The van der Waals surface area contributed by atoms with Gasteiger partial charge in [0.15, 0.2) is 23.0 Å². The lowest BCUT2D eigenvalue weighted by atomic mass is 10.0. The Labute approximate surface area is 211 Å². The van der Waals surface area contributed by atoms with Gasteiger partial charge in [0.1, 0.15) is 6.10 Å². The van der Waals surface area contributed by atoms with Crippen molar-refractivity contribution < 1.29 is 18.9 Å². The smallest absolute Gasteiger partial charge is 0.161 e. The lowest BCUT2D eigenvalue weighted by Gasteiger charge is -2.25. The molecule has 2 aromatic rings. The Kier molecular flexibility index (Phi) is 13.2. The standard InChI is InChI=1S/C27H38N2O4.ClH/c1-20(2)23(33-25-12-10-21(13-15-28)18-27(25)32-6)8-7-16-29(3)17-14-22-9-11-24(30-4)26(19-22)31-5;/h9-12,18-20,23H,7-8,13-14,16-17H2,1-6H3;1H. The number of ether oxygens (including phenoxy) is 4. The number of rotatable bonds is 14. The molecule has 1 unspecified atom stereocenters. The first-order valence-electron chi connectivity index (χ1n) is 11.5. The summed E-state index contributed by atoms with van der Waals surface area (Å²) in [5, 5.41) is 8.92. The van der Waals surface area contributed by atoms with Gasteiger partial charge in [0.2, 0.25) is 0 Å². The molecule has 0 aliphatic heterocycles. The topological polar surface area (TPSA) is 64.0 Å². The van der Waals surface area contributed by atoms with Crippen LogP contribution in [0.5, 0.6) is 23.0 Å². The number of likely N-dealkylation sites (N-methyl/N-ethyl adjacent to an activating group) is 1. The van der Waals surface area contributed by atoms with Crippen molar-refractivity contribution in [3.05, 3.63) is 47.5 Å². The van der Waals surface area contributed by atoms with Crippen molar-refractivity contribution in [1.82, 2.24) is 4.90 Å². The van der Waals surface area contributed by atoms with Crippen molar-refractivity contribution in [2.24, 2.45) is 5.92 Å². The van der Waals surface area contributed by atoms with E-state index in [1.54, 1.807) is 21.3 Å². The van der Waals surface area contributed by atoms with Crippen molar-refractivity contribution in [1.29, 1.82) is 5.26 Å². The fraction of sp³-hybridized carbons (Fsp3) is 0.519. The number of hydrogen-bond acceptors (Lipinski definition) is 6. The lowest BCUT2D eigenvalue weighted by molar-refractivity contribution is 0.130. The van der Waals surface area contributed by atoms with Gasteiger partial charge in [-0.2, -0.15) is 5.26 Å². The number of nitrogens with zero attached hydrogens (tertiary/aromatic N) is 2. The zero-order valence-electron chi connectivity index (χ0n) is 21.3. The molecule has 188 valence electrons. The summed E-state index contributed by atoms with van der Waals surface area (Å²) in [6, 6.07) is 14.0. The molecule has 0 saturated heterocycles. The van der Waals surface area contributed by atoms with Crippen LogP contribution in [0.4, 0.5) is 0 Å². The number of benzene rings is 2. The van der Waals surface area contributed by atoms with Crippen LogP contribution in [0.1, 0.15) is 37.8 Å². The molecule has 0 aromatic heterocycles. The van der Waals surface area contributed by atoms with Gasteiger partial charge in [0.25, 0.3) is 0 Å². The van der Waals surface area contributed by atoms with Gasteiger partial charge in [0.05, 0.1) is 33.8 Å². The molecule has 0 radical (unpaired) electrons. The Morgan fingerprint density at radius 3 is 2.06 bits per heavy atom. The van der Waals surface area contributed by atoms with E-state index in [9.17, 15) is 0 Å². The average Bonchev–Trinajstić information content (AvgIpc) is 2.82. The monoisotopic (exact) mass is 490 g/mol. The van der Waals surface area contributed by atoms with E-state index in [-0.39, 0.29) is 18.5 Å². The lowest BCUT2D eigenvalue weighted by Crippen LogP contribution is -2.27. The highest BCUT2D eigenvalue weighted by atomic mass is 35.5. The van der Waals surface area contributed by atoms with E-state index in [0.29, 0.717) is 18.1 Å². The molecule has 0 spiro atoms. The van der Waals surface area contributed by atoms with E-state index in [1.165, 1.54) is 5.56 Å². The summed E-state index contributed by atoms with van der Waals surface area (Å²) >= 11 is 0. The van der Waals surface area contributed by atoms with Crippen molar-refractivity contribution in [2.45, 2.75) is 45.6 Å². The molecule has 0 bridgehead atoms. The second-order valence-corrected chi connectivity index (χ2v) is 8.61. The average molecular weight is 491 g/mol. The molecule has 0 aliphatic carbocycles. The van der Waals surface area contributed by atoms with Gasteiger partial charge < -0.3 is 23.8 Å². The van der Waals surface area contributed by atoms with Crippen LogP contribution in [0.3, 0.4) is 0 Å². The normalized spacial score (nSPS) is 11.5. The van der Waals surface area contributed by atoms with Gasteiger partial charge in [-0.15, -0.1) is 12.4 Å². The van der Waals surface area contributed by atoms with Gasteiger partial charge in [-0.05, 0) is 74.2 Å². The molecule has 0 fully saturated rings. The number of halogens is 1. The first-order chi connectivity index (χ1) is 15.9. The quantitative estimate of drug-likeness (QED) is 0.345. The van der Waals surface area contributed by atoms with Crippen LogP contribution in [-0.4, -0.2) is 52.5 Å². The Morgan fingerprint density at radius 2 is 1.44 bits per heavy atom. The van der Waals surface area contributed by atoms with Crippen LogP contribution in [0, 0.1) is 17.2 Å². The second-order valence-electron chi connectivity index (χ2n) is 8.61. The molecule has 6 nitrogen and oxygen atoms in total. The fourth-order valence-corrected chi connectivity index (χ4v) is 3.73. The second kappa shape index (κ2) is 15.3. The summed E-state index contributed by atoms with van der Waals surface area (Å²) in [7, 11) is 7.11. The minimum absolute atomic E-state index is 0. The molecule has 2 rings (SSSR count). The first-order valence-corrected chi connectivity index (χ1v) is 11.5. The van der Waals surface area contributed by atoms with Gasteiger partial charge >= 0.3 is 0 Å². The van der Waals surface area contributed by atoms with Gasteiger partial charge in [-0.3, -0.25) is 0 Å². The number of methoxy groups -OCH3 is 3. The van der Waals surface area contributed by atoms with Crippen LogP contribution in [0.25, 0.3) is 0 Å². The van der Waals surface area contributed by atoms with E-state index in [2.05, 4.69) is 37.9 Å². The molecule has 7 heteroatoms. The molecule has 1 atom stereocenters. The first kappa shape index (κ1) is 29.4. The van der Waals surface area contributed by atoms with Crippen LogP contribution in [0.15, 0.2) is 36.4 Å². The highest BCUT2D eigenvalue weighted by Crippen LogP contribution is 2.31. The summed E-state index contributed by atoms with van der Waals surface area (Å²) in [6.07, 6.45) is 3.41. The molecular weight excluding hydrogens is 452 g/mol. The van der Waals surface area contributed by atoms with Crippen LogP contribution in [0.2, 0.25) is 0 Å². The van der Waals surface area contributed by atoms with Crippen molar-refractivity contribution in [3.63, 3.8) is 0 Å². The van der Waals surface area contributed by atoms with E-state index >= 15 is 0 Å². The Morgan fingerprint density at radius 1 is 0.853 bits per heavy atom. The molecule has 0 amide bonds. The molecule has 0 heterocycles. The van der Waals surface area contributed by atoms with E-state index in [4.69, 9.17) is 24.2 Å². The predicted octanol–water partition coefficient (Wildman–Crippen LogP) is 5.56. The maximum absolute atomic E-state index is 8.92. The third-order valence-corrected chi connectivity index (χ3v) is 5.79. The molecule has 0 aliphatic rings. The highest BCUT2D eigenvalue weighted by molar-refractivity contribution is 5.85. The maximum atomic E-state index is 8.92. The third kappa shape index (κ3) is 8.96. The molecule has 2 aromatic carbocycles. The Bertz CT molecular complexity index is 914. The summed E-state index contributed by atoms with van der Waals surface area (Å²) < 4.78 is 22.6. The highest BCUT2D eigenvalue weighted by Gasteiger charge is 2.18. The van der Waals surface area contributed by atoms with E-state index in [0.717, 1.165) is 55.2 Å². The van der Waals surface area contributed by atoms with E-state index in [1.807, 2.05) is 30.3 Å². The summed E-state index contributed by atoms with van der Waals surface area (Å²) in [5.41, 5.74) is 2.16. The molecule has 0 N–H and O–H groups in total. The Hall–Kier alpha value is -2.62. The van der Waals surface area contributed by atoms with Gasteiger partial charge in [-0.1, -0.05) is 26.0 Å². The van der Waals surface area contributed by atoms with Crippen LogP contribution >= 0.6 is 12.4 Å². The summed E-state index contributed by atoms with van der Waals surface area (Å²) in [5.74, 6) is 3.32. The van der Waals surface area contributed by atoms with Gasteiger partial charge in [0, 0.05) is 6.54 Å². The van der Waals surface area contributed by atoms with Crippen molar-refractivity contribution in [2.75, 3.05) is 41.5 Å². The van der Waals surface area contributed by atoms with E-state index < -0.39 is 0 Å².